The van der Waals surface area contributed by atoms with Crippen LogP contribution in [0.5, 0.6) is 0 Å². The Labute approximate surface area is 75.9 Å². The summed E-state index contributed by atoms with van der Waals surface area (Å²) in [7, 11) is 0. The summed E-state index contributed by atoms with van der Waals surface area (Å²) in [5.41, 5.74) is 0. The number of nitrogens with one attached hydrogen (secondary N) is 1. The molecule has 0 aliphatic heterocycles. The van der Waals surface area contributed by atoms with Gasteiger partial charge in [0.2, 0.25) is 0 Å². The third-order valence-electron chi connectivity index (χ3n) is 3.56. The molecule has 0 bridgehead atoms. The Kier molecular flexibility index (Phi) is 2.69. The standard InChI is InChI=1S/C11H21N/c1-9(10-3-2-4-10)7-8-12-11-5-6-11/h9-12H,2-8H2,1H3. The lowest BCUT2D eigenvalue weighted by Crippen LogP contribution is -2.25. The van der Waals surface area contributed by atoms with Crippen molar-refractivity contribution >= 4 is 0 Å². The van der Waals surface area contributed by atoms with E-state index < -0.39 is 0 Å². The molecule has 0 saturated heterocycles. The second-order valence-corrected chi connectivity index (χ2v) is 4.69. The van der Waals surface area contributed by atoms with Crippen LogP contribution in [-0.4, -0.2) is 12.6 Å². The van der Waals surface area contributed by atoms with E-state index in [2.05, 4.69) is 12.2 Å². The Hall–Kier alpha value is -0.0400. The summed E-state index contributed by atoms with van der Waals surface area (Å²) < 4.78 is 0. The monoisotopic (exact) mass is 167 g/mol. The van der Waals surface area contributed by atoms with Gasteiger partial charge >= 0.3 is 0 Å². The van der Waals surface area contributed by atoms with E-state index in [-0.39, 0.29) is 0 Å². The van der Waals surface area contributed by atoms with Gasteiger partial charge in [-0.1, -0.05) is 26.2 Å². The normalized spacial score (nSPS) is 26.8. The molecule has 2 rings (SSSR count). The molecule has 1 heteroatoms. The van der Waals surface area contributed by atoms with E-state index in [9.17, 15) is 0 Å². The van der Waals surface area contributed by atoms with Gasteiger partial charge in [0, 0.05) is 6.04 Å². The molecule has 70 valence electrons. The van der Waals surface area contributed by atoms with Crippen molar-refractivity contribution in [3.8, 4) is 0 Å². The maximum absolute atomic E-state index is 3.59. The molecule has 0 amide bonds. The second kappa shape index (κ2) is 3.78. The highest BCUT2D eigenvalue weighted by molar-refractivity contribution is 4.82. The molecule has 0 aromatic heterocycles. The van der Waals surface area contributed by atoms with Crippen LogP contribution < -0.4 is 5.32 Å². The lowest BCUT2D eigenvalue weighted by atomic mass is 9.75. The van der Waals surface area contributed by atoms with Crippen molar-refractivity contribution in [2.45, 2.75) is 51.5 Å². The zero-order valence-electron chi connectivity index (χ0n) is 8.18. The molecule has 1 nitrogen and oxygen atoms in total. The van der Waals surface area contributed by atoms with Crippen LogP contribution in [0.1, 0.15) is 45.4 Å². The van der Waals surface area contributed by atoms with E-state index in [1.165, 1.54) is 45.1 Å². The highest BCUT2D eigenvalue weighted by Gasteiger charge is 2.24. The van der Waals surface area contributed by atoms with Gasteiger partial charge in [0.15, 0.2) is 0 Å². The molecule has 2 aliphatic rings. The molecule has 0 heterocycles. The average Bonchev–Trinajstić information content (AvgIpc) is 2.67. The Morgan fingerprint density at radius 1 is 1.25 bits per heavy atom. The second-order valence-electron chi connectivity index (χ2n) is 4.69. The minimum atomic E-state index is 0.901. The van der Waals surface area contributed by atoms with E-state index in [0.29, 0.717) is 0 Å². The van der Waals surface area contributed by atoms with Crippen LogP contribution in [0.3, 0.4) is 0 Å². The van der Waals surface area contributed by atoms with E-state index in [4.69, 9.17) is 0 Å². The zero-order chi connectivity index (χ0) is 8.39. The largest absolute Gasteiger partial charge is 0.314 e. The van der Waals surface area contributed by atoms with E-state index in [1.54, 1.807) is 0 Å². The van der Waals surface area contributed by atoms with Crippen molar-refractivity contribution < 1.29 is 0 Å². The van der Waals surface area contributed by atoms with Gasteiger partial charge in [0.25, 0.3) is 0 Å². The lowest BCUT2D eigenvalue weighted by Gasteiger charge is -2.31. The Balaban J connectivity index is 1.52. The molecule has 0 radical (unpaired) electrons. The first-order valence-electron chi connectivity index (χ1n) is 5.59. The van der Waals surface area contributed by atoms with Crippen molar-refractivity contribution in [2.75, 3.05) is 6.54 Å². The molecule has 1 unspecified atom stereocenters. The number of rotatable bonds is 5. The summed E-state index contributed by atoms with van der Waals surface area (Å²) in [5, 5.41) is 3.59. The topological polar surface area (TPSA) is 12.0 Å². The molecule has 2 aliphatic carbocycles. The first kappa shape index (κ1) is 8.55. The quantitative estimate of drug-likeness (QED) is 0.663. The molecule has 0 spiro atoms. The fourth-order valence-corrected chi connectivity index (χ4v) is 2.05. The van der Waals surface area contributed by atoms with Crippen molar-refractivity contribution in [3.63, 3.8) is 0 Å². The number of hydrogen-bond donors (Lipinski definition) is 1. The van der Waals surface area contributed by atoms with Crippen molar-refractivity contribution in [1.29, 1.82) is 0 Å². The van der Waals surface area contributed by atoms with Crippen LogP contribution in [0, 0.1) is 11.8 Å². The molecule has 2 fully saturated rings. The molecule has 0 aromatic carbocycles. The lowest BCUT2D eigenvalue weighted by molar-refractivity contribution is 0.209. The molecule has 2 saturated carbocycles. The van der Waals surface area contributed by atoms with Crippen molar-refractivity contribution in [2.24, 2.45) is 11.8 Å². The summed E-state index contributed by atoms with van der Waals surface area (Å²) in [4.78, 5) is 0. The highest BCUT2D eigenvalue weighted by Crippen LogP contribution is 2.34. The summed E-state index contributed by atoms with van der Waals surface area (Å²) in [6.07, 6.45) is 8.76. The zero-order valence-corrected chi connectivity index (χ0v) is 8.18. The van der Waals surface area contributed by atoms with Crippen LogP contribution in [0.2, 0.25) is 0 Å². The van der Waals surface area contributed by atoms with E-state index in [0.717, 1.165) is 17.9 Å². The first-order valence-corrected chi connectivity index (χ1v) is 5.59. The summed E-state index contributed by atoms with van der Waals surface area (Å²) in [6.45, 7) is 3.70. The SMILES string of the molecule is CC(CCNC1CC1)C1CCC1. The third-order valence-corrected chi connectivity index (χ3v) is 3.56. The van der Waals surface area contributed by atoms with Gasteiger partial charge in [0.1, 0.15) is 0 Å². The summed E-state index contributed by atoms with van der Waals surface area (Å²) >= 11 is 0. The van der Waals surface area contributed by atoms with Crippen LogP contribution in [-0.2, 0) is 0 Å². The Morgan fingerprint density at radius 2 is 2.00 bits per heavy atom. The van der Waals surface area contributed by atoms with Crippen LogP contribution >= 0.6 is 0 Å². The van der Waals surface area contributed by atoms with Gasteiger partial charge in [-0.2, -0.15) is 0 Å². The predicted octanol–water partition coefficient (Wildman–Crippen LogP) is 2.56. The third kappa shape index (κ3) is 2.22. The van der Waals surface area contributed by atoms with Gasteiger partial charge in [-0.05, 0) is 37.6 Å². The summed E-state index contributed by atoms with van der Waals surface area (Å²) in [6, 6.07) is 0.901. The Bertz CT molecular complexity index is 136. The van der Waals surface area contributed by atoms with E-state index >= 15 is 0 Å². The highest BCUT2D eigenvalue weighted by atomic mass is 14.9. The average molecular weight is 167 g/mol. The maximum atomic E-state index is 3.59. The smallest absolute Gasteiger partial charge is 0.00682 e. The number of hydrogen-bond acceptors (Lipinski definition) is 1. The molecule has 1 N–H and O–H groups in total. The minimum absolute atomic E-state index is 0.901. The molecule has 12 heavy (non-hydrogen) atoms. The van der Waals surface area contributed by atoms with Crippen LogP contribution in [0.25, 0.3) is 0 Å². The first-order chi connectivity index (χ1) is 5.86. The molecular weight excluding hydrogens is 146 g/mol. The summed E-state index contributed by atoms with van der Waals surface area (Å²) in [5.74, 6) is 2.05. The maximum Gasteiger partial charge on any atom is 0.00682 e. The predicted molar refractivity (Wildman–Crippen MR) is 52.1 cm³/mol. The van der Waals surface area contributed by atoms with Crippen molar-refractivity contribution in [3.05, 3.63) is 0 Å². The molecule has 1 atom stereocenters. The van der Waals surface area contributed by atoms with Gasteiger partial charge < -0.3 is 5.32 Å². The molecular formula is C11H21N. The van der Waals surface area contributed by atoms with Gasteiger partial charge in [-0.3, -0.25) is 0 Å². The minimum Gasteiger partial charge on any atom is -0.314 e. The van der Waals surface area contributed by atoms with Gasteiger partial charge in [-0.15, -0.1) is 0 Å². The van der Waals surface area contributed by atoms with Crippen LogP contribution in [0.4, 0.5) is 0 Å². The van der Waals surface area contributed by atoms with E-state index in [1.807, 2.05) is 0 Å². The van der Waals surface area contributed by atoms with Gasteiger partial charge in [-0.25, -0.2) is 0 Å². The fraction of sp³-hybridized carbons (Fsp3) is 1.00. The van der Waals surface area contributed by atoms with Gasteiger partial charge in [0.05, 0.1) is 0 Å². The molecule has 0 aromatic rings. The Morgan fingerprint density at radius 3 is 2.50 bits per heavy atom. The van der Waals surface area contributed by atoms with Crippen LogP contribution in [0.15, 0.2) is 0 Å². The fourth-order valence-electron chi connectivity index (χ4n) is 2.05. The van der Waals surface area contributed by atoms with Crippen molar-refractivity contribution in [1.82, 2.24) is 5.32 Å².